The van der Waals surface area contributed by atoms with Crippen molar-refractivity contribution in [2.24, 2.45) is 0 Å². The maximum atomic E-state index is 11.9. The lowest BCUT2D eigenvalue weighted by atomic mass is 10.2. The van der Waals surface area contributed by atoms with Crippen LogP contribution < -0.4 is 5.73 Å². The van der Waals surface area contributed by atoms with Crippen LogP contribution in [0, 0.1) is 0 Å². The molecule has 5 nitrogen and oxygen atoms in total. The summed E-state index contributed by atoms with van der Waals surface area (Å²) < 4.78 is 42.1. The fourth-order valence-electron chi connectivity index (χ4n) is 1.70. The van der Waals surface area contributed by atoms with E-state index in [1.165, 1.54) is 6.33 Å². The van der Waals surface area contributed by atoms with Crippen LogP contribution in [-0.4, -0.2) is 33.9 Å². The third-order valence-corrected chi connectivity index (χ3v) is 2.53. The van der Waals surface area contributed by atoms with Gasteiger partial charge >= 0.3 is 6.18 Å². The first-order valence-electron chi connectivity index (χ1n) is 5.82. The number of hydrogen-bond donors (Lipinski definition) is 1. The number of imidazole rings is 1. The van der Waals surface area contributed by atoms with E-state index in [1.807, 2.05) is 0 Å². The maximum absolute atomic E-state index is 11.9. The lowest BCUT2D eigenvalue weighted by molar-refractivity contribution is -0.174. The molecule has 8 heteroatoms. The van der Waals surface area contributed by atoms with Crippen LogP contribution in [0.25, 0.3) is 11.3 Å². The fraction of sp³-hybridized carbons (Fsp3) is 0.333. The predicted molar refractivity (Wildman–Crippen MR) is 66.7 cm³/mol. The van der Waals surface area contributed by atoms with Crippen molar-refractivity contribution in [3.63, 3.8) is 0 Å². The molecule has 2 heterocycles. The maximum Gasteiger partial charge on any atom is 0.411 e. The molecule has 0 bridgehead atoms. The van der Waals surface area contributed by atoms with E-state index in [4.69, 9.17) is 5.73 Å². The van der Waals surface area contributed by atoms with E-state index in [0.29, 0.717) is 5.82 Å². The summed E-state index contributed by atoms with van der Waals surface area (Å²) in [5.74, 6) is 0.364. The Morgan fingerprint density at radius 2 is 2.15 bits per heavy atom. The summed E-state index contributed by atoms with van der Waals surface area (Å²) in [4.78, 5) is 7.86. The first-order chi connectivity index (χ1) is 9.46. The summed E-state index contributed by atoms with van der Waals surface area (Å²) >= 11 is 0. The molecule has 2 N–H and O–H groups in total. The molecule has 0 aromatic carbocycles. The lowest BCUT2D eigenvalue weighted by Crippen LogP contribution is -2.19. The zero-order valence-electron chi connectivity index (χ0n) is 10.5. The van der Waals surface area contributed by atoms with Crippen LogP contribution in [0.5, 0.6) is 0 Å². The molecule has 0 saturated carbocycles. The van der Waals surface area contributed by atoms with E-state index in [2.05, 4.69) is 14.7 Å². The molecule has 0 radical (unpaired) electrons. The number of halogens is 3. The van der Waals surface area contributed by atoms with E-state index in [1.54, 1.807) is 29.1 Å². The summed E-state index contributed by atoms with van der Waals surface area (Å²) in [6.45, 7) is -1.03. The second-order valence-corrected chi connectivity index (χ2v) is 4.11. The van der Waals surface area contributed by atoms with Crippen molar-refractivity contribution >= 4 is 5.82 Å². The smallest absolute Gasteiger partial charge is 0.384 e. The van der Waals surface area contributed by atoms with Gasteiger partial charge in [-0.25, -0.2) is 9.97 Å². The molecule has 20 heavy (non-hydrogen) atoms. The van der Waals surface area contributed by atoms with Crippen LogP contribution in [0.15, 0.2) is 30.9 Å². The zero-order chi connectivity index (χ0) is 14.6. The van der Waals surface area contributed by atoms with Crippen molar-refractivity contribution in [3.8, 4) is 11.3 Å². The van der Waals surface area contributed by atoms with Gasteiger partial charge in [-0.2, -0.15) is 13.2 Å². The van der Waals surface area contributed by atoms with Crippen LogP contribution in [0.2, 0.25) is 0 Å². The summed E-state index contributed by atoms with van der Waals surface area (Å²) in [5.41, 5.74) is 7.14. The van der Waals surface area contributed by atoms with Gasteiger partial charge in [0.1, 0.15) is 12.4 Å². The van der Waals surface area contributed by atoms with Gasteiger partial charge in [0.25, 0.3) is 0 Å². The minimum Gasteiger partial charge on any atom is -0.384 e. The monoisotopic (exact) mass is 286 g/mol. The molecule has 2 aromatic heterocycles. The molecule has 0 fully saturated rings. The second kappa shape index (κ2) is 5.91. The Kier molecular flexibility index (Phi) is 4.23. The molecular formula is C12H13F3N4O. The molecule has 2 aromatic rings. The van der Waals surface area contributed by atoms with Gasteiger partial charge in [-0.15, -0.1) is 0 Å². The zero-order valence-corrected chi connectivity index (χ0v) is 10.5. The summed E-state index contributed by atoms with van der Waals surface area (Å²) in [6.07, 6.45) is 0.390. The van der Waals surface area contributed by atoms with Crippen LogP contribution in [-0.2, 0) is 11.3 Å². The lowest BCUT2D eigenvalue weighted by Gasteiger charge is -2.10. The average molecular weight is 286 g/mol. The number of nitrogens with zero attached hydrogens (tertiary/aromatic N) is 3. The highest BCUT2D eigenvalue weighted by Crippen LogP contribution is 2.20. The van der Waals surface area contributed by atoms with Gasteiger partial charge in [0.2, 0.25) is 0 Å². The second-order valence-electron chi connectivity index (χ2n) is 4.11. The third kappa shape index (κ3) is 3.95. The minimum absolute atomic E-state index is 0.0521. The Bertz CT molecular complexity index is 568. The SMILES string of the molecule is Nc1cc(-c2cncn2CCOCC(F)(F)F)ccn1. The standard InChI is InChI=1S/C12H13F3N4O/c13-12(14,15)7-20-4-3-19-8-17-6-10(19)9-1-2-18-11(16)5-9/h1-2,5-6,8H,3-4,7H2,(H2,16,18). The normalized spacial score (nSPS) is 11.8. The van der Waals surface area contributed by atoms with E-state index < -0.39 is 12.8 Å². The molecule has 0 aliphatic heterocycles. The Labute approximate surface area is 113 Å². The quantitative estimate of drug-likeness (QED) is 0.855. The van der Waals surface area contributed by atoms with Crippen LogP contribution in [0.3, 0.4) is 0 Å². The number of hydrogen-bond acceptors (Lipinski definition) is 4. The summed E-state index contributed by atoms with van der Waals surface area (Å²) in [5, 5.41) is 0. The van der Waals surface area contributed by atoms with Gasteiger partial charge < -0.3 is 15.0 Å². The van der Waals surface area contributed by atoms with Crippen LogP contribution in [0.1, 0.15) is 0 Å². The molecule has 0 amide bonds. The Morgan fingerprint density at radius 1 is 1.35 bits per heavy atom. The van der Waals surface area contributed by atoms with Crippen molar-refractivity contribution in [3.05, 3.63) is 30.9 Å². The summed E-state index contributed by atoms with van der Waals surface area (Å²) in [6, 6.07) is 3.42. The van der Waals surface area contributed by atoms with Gasteiger partial charge in [0, 0.05) is 18.3 Å². The van der Waals surface area contributed by atoms with Crippen molar-refractivity contribution in [2.75, 3.05) is 18.9 Å². The van der Waals surface area contributed by atoms with Gasteiger partial charge in [-0.05, 0) is 12.1 Å². The largest absolute Gasteiger partial charge is 0.411 e. The van der Waals surface area contributed by atoms with Gasteiger partial charge in [-0.1, -0.05) is 0 Å². The van der Waals surface area contributed by atoms with Crippen molar-refractivity contribution in [1.29, 1.82) is 0 Å². The van der Waals surface area contributed by atoms with E-state index >= 15 is 0 Å². The molecule has 2 rings (SSSR count). The number of anilines is 1. The molecule has 0 aliphatic carbocycles. The number of alkyl halides is 3. The first-order valence-corrected chi connectivity index (χ1v) is 5.82. The predicted octanol–water partition coefficient (Wildman–Crippen LogP) is 2.11. The number of rotatable bonds is 5. The Balaban J connectivity index is 1.99. The van der Waals surface area contributed by atoms with Crippen molar-refractivity contribution in [1.82, 2.24) is 14.5 Å². The van der Waals surface area contributed by atoms with Gasteiger partial charge in [0.05, 0.1) is 24.8 Å². The average Bonchev–Trinajstić information content (AvgIpc) is 2.82. The number of nitrogens with two attached hydrogens (primary N) is 1. The molecule has 0 spiro atoms. The molecule has 0 aliphatic rings. The van der Waals surface area contributed by atoms with Gasteiger partial charge in [0.15, 0.2) is 0 Å². The van der Waals surface area contributed by atoms with Crippen LogP contribution >= 0.6 is 0 Å². The van der Waals surface area contributed by atoms with E-state index in [9.17, 15) is 13.2 Å². The van der Waals surface area contributed by atoms with E-state index in [0.717, 1.165) is 11.3 Å². The Hall–Kier alpha value is -2.09. The molecule has 108 valence electrons. The van der Waals surface area contributed by atoms with Gasteiger partial charge in [-0.3, -0.25) is 0 Å². The fourth-order valence-corrected chi connectivity index (χ4v) is 1.70. The number of nitrogen functional groups attached to an aromatic ring is 1. The first kappa shape index (κ1) is 14.3. The molecular weight excluding hydrogens is 273 g/mol. The van der Waals surface area contributed by atoms with E-state index in [-0.39, 0.29) is 13.2 Å². The molecule has 0 unspecified atom stereocenters. The number of ether oxygens (including phenoxy) is 1. The van der Waals surface area contributed by atoms with Crippen molar-refractivity contribution in [2.45, 2.75) is 12.7 Å². The number of pyridine rings is 1. The molecule has 0 atom stereocenters. The highest BCUT2D eigenvalue weighted by Gasteiger charge is 2.27. The Morgan fingerprint density at radius 3 is 2.85 bits per heavy atom. The summed E-state index contributed by atoms with van der Waals surface area (Å²) in [7, 11) is 0. The third-order valence-electron chi connectivity index (χ3n) is 2.53. The van der Waals surface area contributed by atoms with Crippen molar-refractivity contribution < 1.29 is 17.9 Å². The highest BCUT2D eigenvalue weighted by atomic mass is 19.4. The highest BCUT2D eigenvalue weighted by molar-refractivity contribution is 5.61. The number of aromatic nitrogens is 3. The minimum atomic E-state index is -4.31. The molecule has 0 saturated heterocycles. The topological polar surface area (TPSA) is 66.0 Å². The van der Waals surface area contributed by atoms with Crippen LogP contribution in [0.4, 0.5) is 19.0 Å².